The van der Waals surface area contributed by atoms with E-state index < -0.39 is 0 Å². The first-order chi connectivity index (χ1) is 7.43. The normalized spacial score (nSPS) is 15.2. The first-order valence-electron chi connectivity index (χ1n) is 5.33. The topological polar surface area (TPSA) is 30.1 Å². The molecule has 1 aliphatic rings. The molecule has 0 amide bonds. The van der Waals surface area contributed by atoms with Crippen LogP contribution in [0.5, 0.6) is 0 Å². The van der Waals surface area contributed by atoms with Gasteiger partial charge in [0.15, 0.2) is 0 Å². The van der Waals surface area contributed by atoms with Crippen LogP contribution in [0.1, 0.15) is 17.0 Å². The summed E-state index contributed by atoms with van der Waals surface area (Å²) in [7, 11) is 0. The number of hydrogen-bond acceptors (Lipinski definition) is 2. The minimum atomic E-state index is 0.900. The predicted molar refractivity (Wildman–Crippen MR) is 57.7 cm³/mol. The maximum absolute atomic E-state index is 5.37. The van der Waals surface area contributed by atoms with Gasteiger partial charge in [-0.2, -0.15) is 0 Å². The van der Waals surface area contributed by atoms with Gasteiger partial charge < -0.3 is 14.3 Å². The minimum absolute atomic E-state index is 0.900. The molecule has 0 bridgehead atoms. The monoisotopic (exact) mass is 202 g/mol. The number of aromatic nitrogens is 1. The summed E-state index contributed by atoms with van der Waals surface area (Å²) in [6.07, 6.45) is 4.81. The SMILES string of the molecule is c1coc(Cc2ccn3c2CNCC3)c1. The Hall–Kier alpha value is -1.48. The maximum Gasteiger partial charge on any atom is 0.108 e. The molecule has 0 aromatic carbocycles. The quantitative estimate of drug-likeness (QED) is 0.804. The molecule has 1 aliphatic heterocycles. The van der Waals surface area contributed by atoms with E-state index in [0.717, 1.165) is 31.8 Å². The Morgan fingerprint density at radius 2 is 2.40 bits per heavy atom. The molecular formula is C12H14N2O. The highest BCUT2D eigenvalue weighted by Crippen LogP contribution is 2.18. The molecule has 0 saturated heterocycles. The summed E-state index contributed by atoms with van der Waals surface area (Å²) >= 11 is 0. The number of nitrogens with zero attached hydrogens (tertiary/aromatic N) is 1. The van der Waals surface area contributed by atoms with Crippen LogP contribution in [0.25, 0.3) is 0 Å². The molecule has 3 heteroatoms. The number of rotatable bonds is 2. The van der Waals surface area contributed by atoms with E-state index >= 15 is 0 Å². The van der Waals surface area contributed by atoms with Crippen LogP contribution in [-0.2, 0) is 19.5 Å². The average Bonchev–Trinajstić information content (AvgIpc) is 2.89. The van der Waals surface area contributed by atoms with Gasteiger partial charge in [0, 0.05) is 37.9 Å². The summed E-state index contributed by atoms with van der Waals surface area (Å²) in [6.45, 7) is 3.12. The summed E-state index contributed by atoms with van der Waals surface area (Å²) in [5.74, 6) is 1.04. The Kier molecular flexibility index (Phi) is 2.10. The van der Waals surface area contributed by atoms with E-state index in [9.17, 15) is 0 Å². The van der Waals surface area contributed by atoms with Crippen LogP contribution >= 0.6 is 0 Å². The molecule has 2 aromatic heterocycles. The molecule has 0 saturated carbocycles. The van der Waals surface area contributed by atoms with E-state index in [-0.39, 0.29) is 0 Å². The highest BCUT2D eigenvalue weighted by molar-refractivity contribution is 5.27. The summed E-state index contributed by atoms with van der Waals surface area (Å²) in [4.78, 5) is 0. The van der Waals surface area contributed by atoms with Crippen molar-refractivity contribution in [1.29, 1.82) is 0 Å². The number of hydrogen-bond donors (Lipinski definition) is 1. The predicted octanol–water partition coefficient (Wildman–Crippen LogP) is 1.78. The molecule has 0 unspecified atom stereocenters. The number of fused-ring (bicyclic) bond motifs is 1. The Balaban J connectivity index is 1.89. The molecule has 0 radical (unpaired) electrons. The van der Waals surface area contributed by atoms with Crippen molar-refractivity contribution in [3.8, 4) is 0 Å². The fraction of sp³-hybridized carbons (Fsp3) is 0.333. The van der Waals surface area contributed by atoms with Gasteiger partial charge in [-0.25, -0.2) is 0 Å². The van der Waals surface area contributed by atoms with E-state index in [4.69, 9.17) is 4.42 Å². The zero-order valence-electron chi connectivity index (χ0n) is 8.57. The molecular weight excluding hydrogens is 188 g/mol. The van der Waals surface area contributed by atoms with Gasteiger partial charge in [0.2, 0.25) is 0 Å². The van der Waals surface area contributed by atoms with Gasteiger partial charge in [0.25, 0.3) is 0 Å². The molecule has 0 aliphatic carbocycles. The fourth-order valence-electron chi connectivity index (χ4n) is 2.14. The van der Waals surface area contributed by atoms with Crippen LogP contribution in [0.3, 0.4) is 0 Å². The second-order valence-electron chi connectivity index (χ2n) is 3.91. The van der Waals surface area contributed by atoms with Crippen molar-refractivity contribution in [2.45, 2.75) is 19.5 Å². The van der Waals surface area contributed by atoms with E-state index in [1.165, 1.54) is 11.3 Å². The zero-order chi connectivity index (χ0) is 10.1. The Morgan fingerprint density at radius 1 is 1.40 bits per heavy atom. The third kappa shape index (κ3) is 1.59. The lowest BCUT2D eigenvalue weighted by molar-refractivity contribution is 0.503. The largest absolute Gasteiger partial charge is 0.469 e. The number of nitrogens with one attached hydrogen (secondary N) is 1. The summed E-state index contributed by atoms with van der Waals surface area (Å²) in [5, 5.41) is 3.40. The summed E-state index contributed by atoms with van der Waals surface area (Å²) < 4.78 is 7.70. The second-order valence-corrected chi connectivity index (χ2v) is 3.91. The molecule has 3 heterocycles. The van der Waals surface area contributed by atoms with Crippen LogP contribution in [0.4, 0.5) is 0 Å². The molecule has 0 atom stereocenters. The molecule has 1 N–H and O–H groups in total. The first kappa shape index (κ1) is 8.80. The van der Waals surface area contributed by atoms with Crippen LogP contribution < -0.4 is 5.32 Å². The van der Waals surface area contributed by atoms with Gasteiger partial charge in [-0.1, -0.05) is 0 Å². The number of furan rings is 1. The lowest BCUT2D eigenvalue weighted by atomic mass is 10.1. The molecule has 15 heavy (non-hydrogen) atoms. The fourth-order valence-corrected chi connectivity index (χ4v) is 2.14. The molecule has 2 aromatic rings. The maximum atomic E-state index is 5.37. The van der Waals surface area contributed by atoms with Crippen molar-refractivity contribution in [3.63, 3.8) is 0 Å². The van der Waals surface area contributed by atoms with Crippen molar-refractivity contribution in [2.24, 2.45) is 0 Å². The van der Waals surface area contributed by atoms with Crippen molar-refractivity contribution in [3.05, 3.63) is 47.7 Å². The summed E-state index contributed by atoms with van der Waals surface area (Å²) in [5.41, 5.74) is 2.77. The van der Waals surface area contributed by atoms with Crippen molar-refractivity contribution in [2.75, 3.05) is 6.54 Å². The van der Waals surface area contributed by atoms with Crippen molar-refractivity contribution < 1.29 is 4.42 Å². The van der Waals surface area contributed by atoms with E-state index in [1.807, 2.05) is 12.1 Å². The summed E-state index contributed by atoms with van der Waals surface area (Å²) in [6, 6.07) is 6.17. The first-order valence-corrected chi connectivity index (χ1v) is 5.33. The smallest absolute Gasteiger partial charge is 0.108 e. The molecule has 3 nitrogen and oxygen atoms in total. The van der Waals surface area contributed by atoms with Crippen LogP contribution in [0.2, 0.25) is 0 Å². The standard InChI is InChI=1S/C12H14N2O/c1-2-11(15-7-1)8-10-3-5-14-6-4-13-9-12(10)14/h1-3,5,7,13H,4,6,8-9H2. The second kappa shape index (κ2) is 3.59. The third-order valence-electron chi connectivity index (χ3n) is 2.94. The molecule has 0 fully saturated rings. The third-order valence-corrected chi connectivity index (χ3v) is 2.94. The minimum Gasteiger partial charge on any atom is -0.469 e. The lowest BCUT2D eigenvalue weighted by Gasteiger charge is -2.17. The van der Waals surface area contributed by atoms with Crippen molar-refractivity contribution in [1.82, 2.24) is 9.88 Å². The Morgan fingerprint density at radius 3 is 3.27 bits per heavy atom. The van der Waals surface area contributed by atoms with Gasteiger partial charge in [-0.05, 0) is 23.8 Å². The average molecular weight is 202 g/mol. The van der Waals surface area contributed by atoms with Crippen LogP contribution in [0, 0.1) is 0 Å². The van der Waals surface area contributed by atoms with E-state index in [2.05, 4.69) is 22.1 Å². The van der Waals surface area contributed by atoms with Crippen LogP contribution in [-0.4, -0.2) is 11.1 Å². The Bertz CT molecular complexity index is 442. The highest BCUT2D eigenvalue weighted by atomic mass is 16.3. The van der Waals surface area contributed by atoms with E-state index in [0.29, 0.717) is 0 Å². The van der Waals surface area contributed by atoms with Gasteiger partial charge in [-0.15, -0.1) is 0 Å². The van der Waals surface area contributed by atoms with Gasteiger partial charge in [-0.3, -0.25) is 0 Å². The van der Waals surface area contributed by atoms with Gasteiger partial charge in [0.05, 0.1) is 6.26 Å². The molecule has 78 valence electrons. The van der Waals surface area contributed by atoms with Crippen LogP contribution in [0.15, 0.2) is 35.1 Å². The molecule has 0 spiro atoms. The highest BCUT2D eigenvalue weighted by Gasteiger charge is 2.13. The Labute approximate surface area is 88.7 Å². The van der Waals surface area contributed by atoms with E-state index in [1.54, 1.807) is 6.26 Å². The zero-order valence-corrected chi connectivity index (χ0v) is 8.57. The van der Waals surface area contributed by atoms with Crippen molar-refractivity contribution >= 4 is 0 Å². The lowest BCUT2D eigenvalue weighted by Crippen LogP contribution is -2.28. The van der Waals surface area contributed by atoms with Gasteiger partial charge >= 0.3 is 0 Å². The molecule has 3 rings (SSSR count). The van der Waals surface area contributed by atoms with Gasteiger partial charge in [0.1, 0.15) is 5.76 Å².